The Hall–Kier alpha value is -2.41. The van der Waals surface area contributed by atoms with E-state index in [9.17, 15) is 9.59 Å². The molecule has 2 heterocycles. The lowest BCUT2D eigenvalue weighted by Gasteiger charge is -2.06. The van der Waals surface area contributed by atoms with Crippen molar-refractivity contribution in [3.63, 3.8) is 0 Å². The first kappa shape index (κ1) is 14.5. The van der Waals surface area contributed by atoms with Crippen LogP contribution in [0.3, 0.4) is 0 Å². The van der Waals surface area contributed by atoms with Crippen molar-refractivity contribution in [2.24, 2.45) is 0 Å². The third-order valence-electron chi connectivity index (χ3n) is 3.14. The topological polar surface area (TPSA) is 77.5 Å². The van der Waals surface area contributed by atoms with Gasteiger partial charge in [0.25, 0.3) is 0 Å². The highest BCUT2D eigenvalue weighted by Gasteiger charge is 2.31. The van der Waals surface area contributed by atoms with Gasteiger partial charge in [0.05, 0.1) is 6.61 Å². The Bertz CT molecular complexity index is 671. The van der Waals surface area contributed by atoms with Crippen molar-refractivity contribution >= 4 is 28.4 Å². The van der Waals surface area contributed by atoms with Crippen LogP contribution in [-0.2, 0) is 20.8 Å². The third-order valence-corrected chi connectivity index (χ3v) is 3.94. The quantitative estimate of drug-likeness (QED) is 0.852. The van der Waals surface area contributed by atoms with Crippen molar-refractivity contribution in [3.8, 4) is 0 Å². The van der Waals surface area contributed by atoms with Gasteiger partial charge in [0.2, 0.25) is 6.10 Å². The largest absolute Gasteiger partial charge is 0.463 e. The van der Waals surface area contributed by atoms with Gasteiger partial charge < -0.3 is 14.8 Å². The lowest BCUT2D eigenvalue weighted by atomic mass is 10.2. The molecule has 1 aliphatic rings. The molecule has 2 aromatic rings. The zero-order chi connectivity index (χ0) is 15.4. The fourth-order valence-corrected chi connectivity index (χ4v) is 2.67. The molecule has 1 aromatic carbocycles. The predicted octanol–water partition coefficient (Wildman–Crippen LogP) is 2.23. The van der Waals surface area contributed by atoms with Crippen LogP contribution >= 0.6 is 11.3 Å². The van der Waals surface area contributed by atoms with Gasteiger partial charge in [0, 0.05) is 18.3 Å². The highest BCUT2D eigenvalue weighted by atomic mass is 32.1. The summed E-state index contributed by atoms with van der Waals surface area (Å²) in [4.78, 5) is 27.4. The summed E-state index contributed by atoms with van der Waals surface area (Å²) in [5.74, 6) is -1.10. The second kappa shape index (κ2) is 6.57. The molecule has 0 spiro atoms. The molecule has 114 valence electrons. The fourth-order valence-electron chi connectivity index (χ4n) is 2.00. The van der Waals surface area contributed by atoms with Crippen molar-refractivity contribution in [1.82, 2.24) is 4.98 Å². The molecular weight excluding hydrogens is 304 g/mol. The summed E-state index contributed by atoms with van der Waals surface area (Å²) in [6.07, 6.45) is -0.414. The number of benzene rings is 1. The zero-order valence-corrected chi connectivity index (χ0v) is 12.5. The molecule has 1 aromatic heterocycles. The van der Waals surface area contributed by atoms with Gasteiger partial charge in [0.1, 0.15) is 0 Å². The number of thiazole rings is 1. The molecule has 1 atom stereocenters. The van der Waals surface area contributed by atoms with E-state index < -0.39 is 18.0 Å². The van der Waals surface area contributed by atoms with Gasteiger partial charge in [0.15, 0.2) is 10.8 Å². The van der Waals surface area contributed by atoms with Crippen LogP contribution in [0.15, 0.2) is 35.7 Å². The molecule has 1 saturated heterocycles. The van der Waals surface area contributed by atoms with E-state index in [2.05, 4.69) is 10.3 Å². The van der Waals surface area contributed by atoms with E-state index in [-0.39, 0.29) is 12.3 Å². The second-order valence-corrected chi connectivity index (χ2v) is 5.59. The van der Waals surface area contributed by atoms with Crippen molar-refractivity contribution in [3.05, 3.63) is 47.0 Å². The standard InChI is InChI=1S/C15H14N2O4S/c18-13(21-12-6-7-20-14(12)19)11-9-22-15(17-11)16-8-10-4-2-1-3-5-10/h1-5,9,12H,6-8H2,(H,16,17). The van der Waals surface area contributed by atoms with E-state index in [0.717, 1.165) is 5.56 Å². The van der Waals surface area contributed by atoms with Gasteiger partial charge in [-0.15, -0.1) is 11.3 Å². The van der Waals surface area contributed by atoms with Crippen LogP contribution in [0.4, 0.5) is 5.13 Å². The molecule has 0 aliphatic carbocycles. The summed E-state index contributed by atoms with van der Waals surface area (Å²) < 4.78 is 9.84. The van der Waals surface area contributed by atoms with Crippen LogP contribution in [0.5, 0.6) is 0 Å². The Kier molecular flexibility index (Phi) is 4.34. The number of nitrogens with one attached hydrogen (secondary N) is 1. The lowest BCUT2D eigenvalue weighted by molar-refractivity contribution is -0.145. The Balaban J connectivity index is 1.56. The summed E-state index contributed by atoms with van der Waals surface area (Å²) in [5, 5.41) is 5.38. The highest BCUT2D eigenvalue weighted by molar-refractivity contribution is 7.13. The first-order chi connectivity index (χ1) is 10.7. The number of anilines is 1. The van der Waals surface area contributed by atoms with Crippen molar-refractivity contribution in [2.45, 2.75) is 19.1 Å². The van der Waals surface area contributed by atoms with Gasteiger partial charge in [-0.3, -0.25) is 0 Å². The van der Waals surface area contributed by atoms with Crippen LogP contribution < -0.4 is 5.32 Å². The van der Waals surface area contributed by atoms with Crippen molar-refractivity contribution < 1.29 is 19.1 Å². The average Bonchev–Trinajstić information content (AvgIpc) is 3.16. The van der Waals surface area contributed by atoms with E-state index in [1.54, 1.807) is 5.38 Å². The minimum atomic E-state index is -0.810. The minimum Gasteiger partial charge on any atom is -0.463 e. The molecule has 1 unspecified atom stereocenters. The molecular formula is C15H14N2O4S. The molecule has 1 fully saturated rings. The third kappa shape index (κ3) is 3.43. The van der Waals surface area contributed by atoms with Crippen LogP contribution in [0.2, 0.25) is 0 Å². The number of cyclic esters (lactones) is 1. The number of hydrogen-bond acceptors (Lipinski definition) is 7. The summed E-state index contributed by atoms with van der Waals surface area (Å²) in [6.45, 7) is 0.912. The van der Waals surface area contributed by atoms with E-state index >= 15 is 0 Å². The molecule has 0 saturated carbocycles. The molecule has 22 heavy (non-hydrogen) atoms. The van der Waals surface area contributed by atoms with E-state index in [4.69, 9.17) is 9.47 Å². The molecule has 0 bridgehead atoms. The summed E-state index contributed by atoms with van der Waals surface area (Å²) in [5.41, 5.74) is 1.32. The SMILES string of the molecule is O=C(OC1CCOC1=O)c1csc(NCc2ccccc2)n1. The maximum absolute atomic E-state index is 11.9. The fraction of sp³-hybridized carbons (Fsp3) is 0.267. The smallest absolute Gasteiger partial charge is 0.358 e. The van der Waals surface area contributed by atoms with Gasteiger partial charge in [-0.05, 0) is 5.56 Å². The number of hydrogen-bond donors (Lipinski definition) is 1. The number of nitrogens with zero attached hydrogens (tertiary/aromatic N) is 1. The number of rotatable bonds is 5. The molecule has 0 amide bonds. The van der Waals surface area contributed by atoms with Gasteiger partial charge in [-0.25, -0.2) is 14.6 Å². The number of esters is 2. The predicted molar refractivity (Wildman–Crippen MR) is 80.7 cm³/mol. The average molecular weight is 318 g/mol. The number of aromatic nitrogens is 1. The molecule has 0 radical (unpaired) electrons. The van der Waals surface area contributed by atoms with Crippen molar-refractivity contribution in [1.29, 1.82) is 0 Å². The zero-order valence-electron chi connectivity index (χ0n) is 11.7. The second-order valence-electron chi connectivity index (χ2n) is 4.73. The first-order valence-corrected chi connectivity index (χ1v) is 7.71. The van der Waals surface area contributed by atoms with Crippen LogP contribution in [0.1, 0.15) is 22.5 Å². The van der Waals surface area contributed by atoms with E-state index in [1.165, 1.54) is 11.3 Å². The Morgan fingerprint density at radius 2 is 2.23 bits per heavy atom. The van der Waals surface area contributed by atoms with Crippen LogP contribution in [-0.4, -0.2) is 29.6 Å². The van der Waals surface area contributed by atoms with Crippen LogP contribution in [0, 0.1) is 0 Å². The lowest BCUT2D eigenvalue weighted by Crippen LogP contribution is -2.22. The molecule has 1 aliphatic heterocycles. The summed E-state index contributed by atoms with van der Waals surface area (Å²) in [7, 11) is 0. The normalized spacial score (nSPS) is 17.1. The Labute approximate surface area is 131 Å². The Morgan fingerprint density at radius 1 is 1.41 bits per heavy atom. The number of ether oxygens (including phenoxy) is 2. The van der Waals surface area contributed by atoms with Gasteiger partial charge in [-0.1, -0.05) is 30.3 Å². The molecule has 1 N–H and O–H groups in total. The maximum atomic E-state index is 11.9. The van der Waals surface area contributed by atoms with Crippen LogP contribution in [0.25, 0.3) is 0 Å². The van der Waals surface area contributed by atoms with Crippen molar-refractivity contribution in [2.75, 3.05) is 11.9 Å². The highest BCUT2D eigenvalue weighted by Crippen LogP contribution is 2.19. The van der Waals surface area contributed by atoms with E-state index in [0.29, 0.717) is 18.1 Å². The van der Waals surface area contributed by atoms with Gasteiger partial charge in [-0.2, -0.15) is 0 Å². The summed E-state index contributed by atoms with van der Waals surface area (Å²) >= 11 is 1.32. The number of carbonyl (C=O) groups excluding carboxylic acids is 2. The molecule has 6 nitrogen and oxygen atoms in total. The minimum absolute atomic E-state index is 0.195. The first-order valence-electron chi connectivity index (χ1n) is 6.83. The Morgan fingerprint density at radius 3 is 2.95 bits per heavy atom. The van der Waals surface area contributed by atoms with Gasteiger partial charge >= 0.3 is 11.9 Å². The molecule has 3 rings (SSSR count). The summed E-state index contributed by atoms with van der Waals surface area (Å²) in [6, 6.07) is 9.88. The number of carbonyl (C=O) groups is 2. The molecule has 7 heteroatoms. The maximum Gasteiger partial charge on any atom is 0.358 e. The monoisotopic (exact) mass is 318 g/mol. The van der Waals surface area contributed by atoms with E-state index in [1.807, 2.05) is 30.3 Å².